The lowest BCUT2D eigenvalue weighted by atomic mass is 9.94. The van der Waals surface area contributed by atoms with E-state index >= 15 is 0 Å². The number of nitrogens with zero attached hydrogens (tertiary/aromatic N) is 3. The van der Waals surface area contributed by atoms with Crippen molar-refractivity contribution >= 4 is 0 Å². The number of aromatic nitrogens is 3. The SMILES string of the molecule is Fc1ccc(C2NNCC2CNC2CCc3ncnn3C2)cc1. The fourth-order valence-corrected chi connectivity index (χ4v) is 3.47. The lowest BCUT2D eigenvalue weighted by Crippen LogP contribution is -2.41. The van der Waals surface area contributed by atoms with Gasteiger partial charge in [0.05, 0.1) is 12.6 Å². The molecule has 3 atom stereocenters. The second-order valence-electron chi connectivity index (χ2n) is 6.32. The van der Waals surface area contributed by atoms with E-state index in [1.54, 1.807) is 6.33 Å². The molecule has 0 spiro atoms. The van der Waals surface area contributed by atoms with Crippen LogP contribution in [0, 0.1) is 11.7 Å². The fourth-order valence-electron chi connectivity index (χ4n) is 3.47. The van der Waals surface area contributed by atoms with Crippen molar-refractivity contribution in [3.05, 3.63) is 47.8 Å². The van der Waals surface area contributed by atoms with Crippen molar-refractivity contribution < 1.29 is 4.39 Å². The van der Waals surface area contributed by atoms with Gasteiger partial charge in [0, 0.05) is 31.5 Å². The summed E-state index contributed by atoms with van der Waals surface area (Å²) in [5.74, 6) is 1.31. The van der Waals surface area contributed by atoms with Gasteiger partial charge in [-0.2, -0.15) is 5.10 Å². The first-order valence-corrected chi connectivity index (χ1v) is 8.13. The molecule has 0 saturated carbocycles. The number of hydrogen-bond acceptors (Lipinski definition) is 5. The van der Waals surface area contributed by atoms with Crippen LogP contribution in [0.2, 0.25) is 0 Å². The van der Waals surface area contributed by atoms with Crippen LogP contribution in [0.25, 0.3) is 0 Å². The highest BCUT2D eigenvalue weighted by atomic mass is 19.1. The summed E-state index contributed by atoms with van der Waals surface area (Å²) in [4.78, 5) is 4.26. The van der Waals surface area contributed by atoms with Gasteiger partial charge in [-0.25, -0.2) is 19.5 Å². The summed E-state index contributed by atoms with van der Waals surface area (Å²) in [6, 6.07) is 7.39. The highest BCUT2D eigenvalue weighted by molar-refractivity contribution is 5.21. The molecule has 2 aromatic rings. The first-order valence-electron chi connectivity index (χ1n) is 8.13. The van der Waals surface area contributed by atoms with Gasteiger partial charge in [-0.15, -0.1) is 0 Å². The summed E-state index contributed by atoms with van der Waals surface area (Å²) in [7, 11) is 0. The Hall–Kier alpha value is -1.83. The zero-order valence-corrected chi connectivity index (χ0v) is 12.9. The minimum Gasteiger partial charge on any atom is -0.312 e. The molecule has 1 saturated heterocycles. The first kappa shape index (κ1) is 14.7. The quantitative estimate of drug-likeness (QED) is 0.778. The minimum absolute atomic E-state index is 0.194. The zero-order chi connectivity index (χ0) is 15.6. The minimum atomic E-state index is -0.194. The normalized spacial score (nSPS) is 27.1. The van der Waals surface area contributed by atoms with Gasteiger partial charge in [0.1, 0.15) is 18.0 Å². The Morgan fingerprint density at radius 1 is 1.30 bits per heavy atom. The number of fused-ring (bicyclic) bond motifs is 1. The Morgan fingerprint density at radius 3 is 3.04 bits per heavy atom. The molecule has 6 nitrogen and oxygen atoms in total. The number of hydrazine groups is 1. The summed E-state index contributed by atoms with van der Waals surface area (Å²) in [6.07, 6.45) is 3.70. The maximum Gasteiger partial charge on any atom is 0.138 e. The third kappa shape index (κ3) is 3.12. The van der Waals surface area contributed by atoms with E-state index in [-0.39, 0.29) is 11.9 Å². The zero-order valence-electron chi connectivity index (χ0n) is 12.9. The van der Waals surface area contributed by atoms with Crippen LogP contribution in [-0.2, 0) is 13.0 Å². The molecule has 0 amide bonds. The van der Waals surface area contributed by atoms with E-state index in [0.717, 1.165) is 43.9 Å². The fraction of sp³-hybridized carbons (Fsp3) is 0.500. The largest absolute Gasteiger partial charge is 0.312 e. The molecular formula is C16H21FN6. The van der Waals surface area contributed by atoms with Crippen LogP contribution in [0.3, 0.4) is 0 Å². The van der Waals surface area contributed by atoms with Crippen LogP contribution < -0.4 is 16.2 Å². The van der Waals surface area contributed by atoms with E-state index in [4.69, 9.17) is 0 Å². The van der Waals surface area contributed by atoms with Crippen molar-refractivity contribution in [1.29, 1.82) is 0 Å². The summed E-state index contributed by atoms with van der Waals surface area (Å²) in [6.45, 7) is 2.69. The van der Waals surface area contributed by atoms with Gasteiger partial charge in [-0.1, -0.05) is 12.1 Å². The molecule has 1 aromatic carbocycles. The van der Waals surface area contributed by atoms with Crippen LogP contribution >= 0.6 is 0 Å². The standard InChI is InChI=1S/C16H21FN6/c17-13-3-1-11(2-4-13)16-12(8-20-22-16)7-18-14-5-6-15-19-10-21-23(15)9-14/h1-4,10,12,14,16,18,20,22H,5-9H2. The number of benzene rings is 1. The number of nitrogens with one attached hydrogen (secondary N) is 3. The molecular weight excluding hydrogens is 295 g/mol. The number of aryl methyl sites for hydroxylation is 1. The second kappa shape index (κ2) is 6.35. The molecule has 1 fully saturated rings. The summed E-state index contributed by atoms with van der Waals surface area (Å²) >= 11 is 0. The lowest BCUT2D eigenvalue weighted by molar-refractivity contribution is 0.330. The van der Waals surface area contributed by atoms with Gasteiger partial charge >= 0.3 is 0 Å². The predicted molar refractivity (Wildman–Crippen MR) is 83.9 cm³/mol. The van der Waals surface area contributed by atoms with Crippen molar-refractivity contribution in [2.24, 2.45) is 5.92 Å². The van der Waals surface area contributed by atoms with Crippen molar-refractivity contribution in [2.75, 3.05) is 13.1 Å². The molecule has 7 heteroatoms. The van der Waals surface area contributed by atoms with E-state index < -0.39 is 0 Å². The van der Waals surface area contributed by atoms with Crippen molar-refractivity contribution in [1.82, 2.24) is 30.9 Å². The van der Waals surface area contributed by atoms with E-state index in [9.17, 15) is 4.39 Å². The van der Waals surface area contributed by atoms with E-state index in [1.807, 2.05) is 16.8 Å². The molecule has 23 heavy (non-hydrogen) atoms. The molecule has 122 valence electrons. The second-order valence-corrected chi connectivity index (χ2v) is 6.32. The third-order valence-corrected chi connectivity index (χ3v) is 4.80. The Bertz CT molecular complexity index is 655. The van der Waals surface area contributed by atoms with Crippen LogP contribution in [0.1, 0.15) is 23.9 Å². The maximum absolute atomic E-state index is 13.1. The average molecular weight is 316 g/mol. The topological polar surface area (TPSA) is 66.8 Å². The highest BCUT2D eigenvalue weighted by Crippen LogP contribution is 2.25. The molecule has 2 aliphatic heterocycles. The third-order valence-electron chi connectivity index (χ3n) is 4.80. The number of rotatable bonds is 4. The van der Waals surface area contributed by atoms with Gasteiger partial charge in [0.15, 0.2) is 0 Å². The van der Waals surface area contributed by atoms with Crippen LogP contribution in [0.15, 0.2) is 30.6 Å². The van der Waals surface area contributed by atoms with Gasteiger partial charge in [-0.05, 0) is 24.1 Å². The summed E-state index contributed by atoms with van der Waals surface area (Å²) in [5.41, 5.74) is 7.64. The Labute approximate surface area is 134 Å². The summed E-state index contributed by atoms with van der Waals surface area (Å²) < 4.78 is 15.1. The molecule has 3 heterocycles. The average Bonchev–Trinajstić information content (AvgIpc) is 3.22. The van der Waals surface area contributed by atoms with Crippen LogP contribution in [0.4, 0.5) is 4.39 Å². The van der Waals surface area contributed by atoms with Gasteiger partial charge in [-0.3, -0.25) is 5.43 Å². The molecule has 0 aliphatic carbocycles. The van der Waals surface area contributed by atoms with Gasteiger partial charge in [0.2, 0.25) is 0 Å². The van der Waals surface area contributed by atoms with E-state index in [1.165, 1.54) is 12.1 Å². The molecule has 0 bridgehead atoms. The predicted octanol–water partition coefficient (Wildman–Crippen LogP) is 0.787. The van der Waals surface area contributed by atoms with E-state index in [0.29, 0.717) is 12.0 Å². The number of hydrogen-bond donors (Lipinski definition) is 3. The number of halogens is 1. The van der Waals surface area contributed by atoms with Crippen LogP contribution in [0.5, 0.6) is 0 Å². The molecule has 0 radical (unpaired) electrons. The Kier molecular flexibility index (Phi) is 4.07. The molecule has 4 rings (SSSR count). The Balaban J connectivity index is 1.36. The molecule has 3 N–H and O–H groups in total. The van der Waals surface area contributed by atoms with Crippen molar-refractivity contribution in [2.45, 2.75) is 31.5 Å². The highest BCUT2D eigenvalue weighted by Gasteiger charge is 2.29. The van der Waals surface area contributed by atoms with Crippen LogP contribution in [-0.4, -0.2) is 33.9 Å². The van der Waals surface area contributed by atoms with Gasteiger partial charge < -0.3 is 5.32 Å². The molecule has 2 aliphatic rings. The van der Waals surface area contributed by atoms with Crippen molar-refractivity contribution in [3.63, 3.8) is 0 Å². The first-order chi connectivity index (χ1) is 11.3. The molecule has 1 aromatic heterocycles. The summed E-state index contributed by atoms with van der Waals surface area (Å²) in [5, 5.41) is 7.93. The van der Waals surface area contributed by atoms with Gasteiger partial charge in [0.25, 0.3) is 0 Å². The smallest absolute Gasteiger partial charge is 0.138 e. The van der Waals surface area contributed by atoms with E-state index in [2.05, 4.69) is 26.3 Å². The van der Waals surface area contributed by atoms with Crippen molar-refractivity contribution in [3.8, 4) is 0 Å². The Morgan fingerprint density at radius 2 is 2.17 bits per heavy atom. The monoisotopic (exact) mass is 316 g/mol. The molecule has 3 unspecified atom stereocenters. The maximum atomic E-state index is 13.1. The lowest BCUT2D eigenvalue weighted by Gasteiger charge is -2.26.